The van der Waals surface area contributed by atoms with Crippen molar-refractivity contribution in [3.8, 4) is 10.6 Å². The number of para-hydroxylation sites is 1. The van der Waals surface area contributed by atoms with Gasteiger partial charge in [-0.2, -0.15) is 4.31 Å². The molecule has 0 aliphatic carbocycles. The predicted molar refractivity (Wildman–Crippen MR) is 134 cm³/mol. The second kappa shape index (κ2) is 8.98. The molecule has 1 amide bonds. The highest BCUT2D eigenvalue weighted by molar-refractivity contribution is 7.89. The van der Waals surface area contributed by atoms with Crippen molar-refractivity contribution in [2.75, 3.05) is 18.4 Å². The van der Waals surface area contributed by atoms with Gasteiger partial charge < -0.3 is 5.32 Å². The summed E-state index contributed by atoms with van der Waals surface area (Å²) in [6.07, 6.45) is 1.75. The van der Waals surface area contributed by atoms with Gasteiger partial charge in [-0.25, -0.2) is 13.4 Å². The summed E-state index contributed by atoms with van der Waals surface area (Å²) >= 11 is 3.02. The van der Waals surface area contributed by atoms with Gasteiger partial charge in [-0.15, -0.1) is 22.7 Å². The molecule has 0 saturated carbocycles. The molecule has 2 aromatic heterocycles. The van der Waals surface area contributed by atoms with Gasteiger partial charge in [0.2, 0.25) is 10.0 Å². The number of fused-ring (bicyclic) bond motifs is 1. The number of piperidine rings is 1. The van der Waals surface area contributed by atoms with Crippen LogP contribution in [0.15, 0.2) is 64.9 Å². The van der Waals surface area contributed by atoms with Crippen molar-refractivity contribution in [3.05, 3.63) is 65.5 Å². The molecule has 170 valence electrons. The maximum Gasteiger partial charge on any atom is 0.256 e. The van der Waals surface area contributed by atoms with E-state index in [-0.39, 0.29) is 10.8 Å². The number of hydrogen-bond acceptors (Lipinski definition) is 6. The van der Waals surface area contributed by atoms with Crippen molar-refractivity contribution in [3.63, 3.8) is 0 Å². The third-order valence-electron chi connectivity index (χ3n) is 5.91. The van der Waals surface area contributed by atoms with Crippen molar-refractivity contribution in [2.24, 2.45) is 5.92 Å². The van der Waals surface area contributed by atoms with Gasteiger partial charge in [0.25, 0.3) is 5.91 Å². The summed E-state index contributed by atoms with van der Waals surface area (Å²) in [5.41, 5.74) is 2.22. The lowest BCUT2D eigenvalue weighted by Gasteiger charge is -2.29. The Labute approximate surface area is 201 Å². The number of anilines is 1. The molecular formula is C24H23N3O3S3. The first-order valence-corrected chi connectivity index (χ1v) is 13.9. The average molecular weight is 498 g/mol. The highest BCUT2D eigenvalue weighted by Gasteiger charge is 2.28. The van der Waals surface area contributed by atoms with Crippen molar-refractivity contribution in [1.82, 2.24) is 9.29 Å². The maximum atomic E-state index is 12.9. The number of thiazole rings is 1. The fourth-order valence-electron chi connectivity index (χ4n) is 3.89. The van der Waals surface area contributed by atoms with E-state index in [0.717, 1.165) is 38.6 Å². The van der Waals surface area contributed by atoms with E-state index in [4.69, 9.17) is 0 Å². The molecule has 0 unspecified atom stereocenters. The monoisotopic (exact) mass is 497 g/mol. The van der Waals surface area contributed by atoms with E-state index < -0.39 is 10.0 Å². The number of sulfonamides is 1. The molecule has 3 heterocycles. The van der Waals surface area contributed by atoms with Gasteiger partial charge >= 0.3 is 0 Å². The lowest BCUT2D eigenvalue weighted by molar-refractivity contribution is 0.102. The molecule has 1 fully saturated rings. The number of carbonyl (C=O) groups excluding carboxylic acids is 1. The number of aromatic nitrogens is 1. The van der Waals surface area contributed by atoms with Crippen LogP contribution in [0.3, 0.4) is 0 Å². The molecule has 0 atom stereocenters. The fourth-order valence-corrected chi connectivity index (χ4v) is 7.20. The van der Waals surface area contributed by atoms with Gasteiger partial charge in [0, 0.05) is 24.2 Å². The Morgan fingerprint density at radius 2 is 1.79 bits per heavy atom. The van der Waals surface area contributed by atoms with E-state index in [0.29, 0.717) is 24.6 Å². The summed E-state index contributed by atoms with van der Waals surface area (Å²) < 4.78 is 28.5. The predicted octanol–water partition coefficient (Wildman–Crippen LogP) is 5.70. The number of rotatable bonds is 5. The Morgan fingerprint density at radius 1 is 1.06 bits per heavy atom. The Hall–Kier alpha value is -2.59. The van der Waals surface area contributed by atoms with Gasteiger partial charge in [0.1, 0.15) is 10.0 Å². The van der Waals surface area contributed by atoms with E-state index in [1.807, 2.05) is 35.7 Å². The van der Waals surface area contributed by atoms with E-state index in [1.165, 1.54) is 27.8 Å². The topological polar surface area (TPSA) is 79.4 Å². The molecule has 1 aliphatic heterocycles. The van der Waals surface area contributed by atoms with Crippen LogP contribution in [-0.4, -0.2) is 36.7 Å². The number of nitrogens with zero attached hydrogens (tertiary/aromatic N) is 2. The van der Waals surface area contributed by atoms with Crippen molar-refractivity contribution < 1.29 is 13.2 Å². The van der Waals surface area contributed by atoms with Gasteiger partial charge in [0.05, 0.1) is 15.1 Å². The smallest absolute Gasteiger partial charge is 0.256 e. The number of nitrogens with one attached hydrogen (secondary N) is 1. The number of hydrogen-bond donors (Lipinski definition) is 1. The standard InChI is InChI=1S/C24H23N3O3S3/c1-16-10-13-27(14-11-16)33(29,30)18-8-6-17(7-9-18)22(28)26-23-19(12-15-31-23)24-25-20-4-2-3-5-21(20)32-24/h2-9,12,15-16H,10-11,13-14H2,1H3,(H,26,28). The normalized spacial score (nSPS) is 15.7. The summed E-state index contributed by atoms with van der Waals surface area (Å²) in [7, 11) is -3.54. The van der Waals surface area contributed by atoms with Crippen LogP contribution in [0.5, 0.6) is 0 Å². The maximum absolute atomic E-state index is 12.9. The molecule has 9 heteroatoms. The second-order valence-electron chi connectivity index (χ2n) is 8.22. The summed E-state index contributed by atoms with van der Waals surface area (Å²) in [5.74, 6) is 0.267. The number of thiophene rings is 1. The number of benzene rings is 2. The Morgan fingerprint density at radius 3 is 2.52 bits per heavy atom. The molecule has 1 aliphatic rings. The quantitative estimate of drug-likeness (QED) is 0.384. The SMILES string of the molecule is CC1CCN(S(=O)(=O)c2ccc(C(=O)Nc3sccc3-c3nc4ccccc4s3)cc2)CC1. The Kier molecular flexibility index (Phi) is 6.05. The third-order valence-corrected chi connectivity index (χ3v) is 9.73. The zero-order chi connectivity index (χ0) is 23.0. The first-order chi connectivity index (χ1) is 15.9. The molecule has 2 aromatic carbocycles. The zero-order valence-electron chi connectivity index (χ0n) is 18.0. The van der Waals surface area contributed by atoms with Crippen LogP contribution in [0.4, 0.5) is 5.00 Å². The molecule has 6 nitrogen and oxygen atoms in total. The van der Waals surface area contributed by atoms with Crippen molar-refractivity contribution in [1.29, 1.82) is 0 Å². The molecule has 1 N–H and O–H groups in total. The third kappa shape index (κ3) is 4.46. The molecule has 0 bridgehead atoms. The van der Waals surface area contributed by atoms with E-state index in [9.17, 15) is 13.2 Å². The number of amides is 1. The first-order valence-electron chi connectivity index (χ1n) is 10.8. The van der Waals surface area contributed by atoms with Crippen LogP contribution < -0.4 is 5.32 Å². The van der Waals surface area contributed by atoms with Gasteiger partial charge in [0.15, 0.2) is 0 Å². The van der Waals surface area contributed by atoms with Crippen LogP contribution in [0.2, 0.25) is 0 Å². The van der Waals surface area contributed by atoms with Crippen LogP contribution >= 0.6 is 22.7 Å². The number of carbonyl (C=O) groups is 1. The highest BCUT2D eigenvalue weighted by Crippen LogP contribution is 2.38. The molecule has 0 spiro atoms. The highest BCUT2D eigenvalue weighted by atomic mass is 32.2. The molecule has 5 rings (SSSR count). The Balaban J connectivity index is 1.33. The first kappa shape index (κ1) is 22.2. The molecule has 33 heavy (non-hydrogen) atoms. The molecule has 4 aromatic rings. The van der Waals surface area contributed by atoms with Crippen LogP contribution in [0.1, 0.15) is 30.1 Å². The average Bonchev–Trinajstić information content (AvgIpc) is 3.46. The van der Waals surface area contributed by atoms with E-state index in [1.54, 1.807) is 23.5 Å². The molecular weight excluding hydrogens is 474 g/mol. The zero-order valence-corrected chi connectivity index (χ0v) is 20.5. The van der Waals surface area contributed by atoms with Crippen LogP contribution in [-0.2, 0) is 10.0 Å². The largest absolute Gasteiger partial charge is 0.313 e. The lowest BCUT2D eigenvalue weighted by Crippen LogP contribution is -2.37. The summed E-state index contributed by atoms with van der Waals surface area (Å²) in [4.78, 5) is 17.8. The van der Waals surface area contributed by atoms with Gasteiger partial charge in [-0.3, -0.25) is 4.79 Å². The van der Waals surface area contributed by atoms with Gasteiger partial charge in [-0.1, -0.05) is 19.1 Å². The minimum atomic E-state index is -3.54. The van der Waals surface area contributed by atoms with Crippen LogP contribution in [0, 0.1) is 5.92 Å². The van der Waals surface area contributed by atoms with Crippen LogP contribution in [0.25, 0.3) is 20.8 Å². The summed E-state index contributed by atoms with van der Waals surface area (Å²) in [6.45, 7) is 3.23. The molecule has 0 radical (unpaired) electrons. The van der Waals surface area contributed by atoms with Gasteiger partial charge in [-0.05, 0) is 66.6 Å². The second-order valence-corrected chi connectivity index (χ2v) is 12.1. The molecule has 1 saturated heterocycles. The Bertz CT molecular complexity index is 1370. The fraction of sp³-hybridized carbons (Fsp3) is 0.250. The summed E-state index contributed by atoms with van der Waals surface area (Å²) in [6, 6.07) is 16.1. The van der Waals surface area contributed by atoms with Crippen molar-refractivity contribution in [2.45, 2.75) is 24.7 Å². The van der Waals surface area contributed by atoms with Crippen molar-refractivity contribution >= 4 is 53.8 Å². The minimum absolute atomic E-state index is 0.222. The van der Waals surface area contributed by atoms with E-state index >= 15 is 0 Å². The summed E-state index contributed by atoms with van der Waals surface area (Å²) in [5, 5.41) is 6.46. The lowest BCUT2D eigenvalue weighted by atomic mass is 10.0. The van der Waals surface area contributed by atoms with E-state index in [2.05, 4.69) is 17.2 Å². The minimum Gasteiger partial charge on any atom is -0.313 e.